The molecule has 0 aliphatic carbocycles. The van der Waals surface area contributed by atoms with Gasteiger partial charge in [0.05, 0.1) is 12.5 Å². The molecular formula is C17H21NO4. The fraction of sp³-hybridized carbons (Fsp3) is 0.471. The zero-order valence-electron chi connectivity index (χ0n) is 12.5. The van der Waals surface area contributed by atoms with Crippen molar-refractivity contribution in [2.75, 3.05) is 6.54 Å². The molecule has 2 aromatic heterocycles. The van der Waals surface area contributed by atoms with Gasteiger partial charge >= 0.3 is 0 Å². The van der Waals surface area contributed by atoms with E-state index in [-0.39, 0.29) is 11.9 Å². The quantitative estimate of drug-likeness (QED) is 0.891. The first-order valence-corrected chi connectivity index (χ1v) is 7.77. The second-order valence-electron chi connectivity index (χ2n) is 5.73. The van der Waals surface area contributed by atoms with E-state index in [1.54, 1.807) is 24.7 Å². The monoisotopic (exact) mass is 303 g/mol. The number of furan rings is 2. The van der Waals surface area contributed by atoms with Crippen molar-refractivity contribution in [1.29, 1.82) is 0 Å². The summed E-state index contributed by atoms with van der Waals surface area (Å²) in [5, 5.41) is 10.2. The Hall–Kier alpha value is -2.01. The fourth-order valence-corrected chi connectivity index (χ4v) is 3.09. The summed E-state index contributed by atoms with van der Waals surface area (Å²) < 4.78 is 10.5. The Labute approximate surface area is 129 Å². The van der Waals surface area contributed by atoms with Crippen LogP contribution in [0.15, 0.2) is 45.6 Å². The van der Waals surface area contributed by atoms with Crippen molar-refractivity contribution < 1.29 is 18.7 Å². The van der Waals surface area contributed by atoms with Crippen LogP contribution in [0.2, 0.25) is 0 Å². The van der Waals surface area contributed by atoms with Gasteiger partial charge in [0.2, 0.25) is 5.91 Å². The zero-order valence-corrected chi connectivity index (χ0v) is 12.5. The maximum atomic E-state index is 12.4. The topological polar surface area (TPSA) is 66.8 Å². The number of hydrogen-bond donors (Lipinski definition) is 1. The average molecular weight is 303 g/mol. The molecule has 5 heteroatoms. The lowest BCUT2D eigenvalue weighted by Gasteiger charge is -2.26. The molecule has 0 aromatic carbocycles. The van der Waals surface area contributed by atoms with Crippen LogP contribution in [0.1, 0.15) is 43.3 Å². The molecular weight excluding hydrogens is 282 g/mol. The van der Waals surface area contributed by atoms with Gasteiger partial charge in [0.15, 0.2) is 0 Å². The summed E-state index contributed by atoms with van der Waals surface area (Å²) >= 11 is 0. The predicted molar refractivity (Wildman–Crippen MR) is 80.0 cm³/mol. The van der Waals surface area contributed by atoms with Crippen molar-refractivity contribution in [2.24, 2.45) is 0 Å². The minimum Gasteiger partial charge on any atom is -0.469 e. The van der Waals surface area contributed by atoms with Crippen LogP contribution in [0.3, 0.4) is 0 Å². The van der Waals surface area contributed by atoms with Crippen molar-refractivity contribution >= 4 is 5.91 Å². The molecule has 118 valence electrons. The van der Waals surface area contributed by atoms with E-state index in [1.165, 1.54) is 0 Å². The number of rotatable bonds is 6. The van der Waals surface area contributed by atoms with Gasteiger partial charge in [-0.25, -0.2) is 0 Å². The third kappa shape index (κ3) is 3.42. The van der Waals surface area contributed by atoms with Gasteiger partial charge in [-0.3, -0.25) is 4.79 Å². The van der Waals surface area contributed by atoms with Crippen molar-refractivity contribution in [3.05, 3.63) is 48.3 Å². The number of carbonyl (C=O) groups is 1. The Morgan fingerprint density at radius 3 is 2.86 bits per heavy atom. The van der Waals surface area contributed by atoms with Crippen molar-refractivity contribution in [3.8, 4) is 0 Å². The van der Waals surface area contributed by atoms with Gasteiger partial charge in [-0.15, -0.1) is 0 Å². The second-order valence-corrected chi connectivity index (χ2v) is 5.73. The highest BCUT2D eigenvalue weighted by molar-refractivity contribution is 5.77. The van der Waals surface area contributed by atoms with E-state index >= 15 is 0 Å². The highest BCUT2D eigenvalue weighted by Crippen LogP contribution is 2.28. The average Bonchev–Trinajstić information content (AvgIpc) is 3.25. The van der Waals surface area contributed by atoms with E-state index in [4.69, 9.17) is 8.83 Å². The van der Waals surface area contributed by atoms with Crippen LogP contribution < -0.4 is 0 Å². The Morgan fingerprint density at radius 2 is 2.14 bits per heavy atom. The van der Waals surface area contributed by atoms with Crippen molar-refractivity contribution in [3.63, 3.8) is 0 Å². The van der Waals surface area contributed by atoms with Gasteiger partial charge in [-0.1, -0.05) is 0 Å². The molecule has 2 unspecified atom stereocenters. The standard InChI is InChI=1S/C17H21NO4/c19-15(16-6-3-11-22-16)12-13-4-1-9-18(13)17(20)8-7-14-5-2-10-21-14/h2-3,5-6,10-11,13,15,19H,1,4,7-9,12H2. The molecule has 1 fully saturated rings. The van der Waals surface area contributed by atoms with Crippen LogP contribution in [-0.2, 0) is 11.2 Å². The smallest absolute Gasteiger partial charge is 0.223 e. The number of aliphatic hydroxyl groups excluding tert-OH is 1. The summed E-state index contributed by atoms with van der Waals surface area (Å²) in [4.78, 5) is 14.3. The molecule has 1 saturated heterocycles. The van der Waals surface area contributed by atoms with Gasteiger partial charge in [0.25, 0.3) is 0 Å². The molecule has 3 heterocycles. The molecule has 2 atom stereocenters. The van der Waals surface area contributed by atoms with Crippen LogP contribution >= 0.6 is 0 Å². The number of carbonyl (C=O) groups excluding carboxylic acids is 1. The third-order valence-electron chi connectivity index (χ3n) is 4.23. The maximum absolute atomic E-state index is 12.4. The summed E-state index contributed by atoms with van der Waals surface area (Å²) in [5.74, 6) is 1.53. The number of aryl methyl sites for hydroxylation is 1. The zero-order chi connectivity index (χ0) is 15.4. The molecule has 1 aliphatic rings. The number of likely N-dealkylation sites (tertiary alicyclic amines) is 1. The first kappa shape index (κ1) is 14.9. The molecule has 3 rings (SSSR count). The Bertz CT molecular complexity index is 576. The van der Waals surface area contributed by atoms with Crippen molar-refractivity contribution in [2.45, 2.75) is 44.2 Å². The fourth-order valence-electron chi connectivity index (χ4n) is 3.09. The summed E-state index contributed by atoms with van der Waals surface area (Å²) in [6, 6.07) is 7.33. The van der Waals surface area contributed by atoms with Gasteiger partial charge < -0.3 is 18.8 Å². The normalized spacial score (nSPS) is 19.5. The Balaban J connectivity index is 1.54. The lowest BCUT2D eigenvalue weighted by atomic mass is 10.0. The first-order chi connectivity index (χ1) is 10.7. The summed E-state index contributed by atoms with van der Waals surface area (Å²) in [6.45, 7) is 0.770. The Kier molecular flexibility index (Phi) is 4.63. The molecule has 2 aromatic rings. The van der Waals surface area contributed by atoms with E-state index in [9.17, 15) is 9.90 Å². The number of hydrogen-bond acceptors (Lipinski definition) is 4. The lowest BCUT2D eigenvalue weighted by Crippen LogP contribution is -2.36. The minimum atomic E-state index is -0.654. The molecule has 0 saturated carbocycles. The summed E-state index contributed by atoms with van der Waals surface area (Å²) in [6.07, 6.45) is 6.04. The largest absolute Gasteiger partial charge is 0.469 e. The third-order valence-corrected chi connectivity index (χ3v) is 4.23. The van der Waals surface area contributed by atoms with Gasteiger partial charge in [-0.2, -0.15) is 0 Å². The SMILES string of the molecule is O=C(CCc1ccco1)N1CCCC1CC(O)c1ccco1. The van der Waals surface area contributed by atoms with E-state index in [1.807, 2.05) is 17.0 Å². The number of nitrogens with zero attached hydrogens (tertiary/aromatic N) is 1. The van der Waals surface area contributed by atoms with Gasteiger partial charge in [0.1, 0.15) is 17.6 Å². The molecule has 1 N–H and O–H groups in total. The molecule has 0 radical (unpaired) electrons. The van der Waals surface area contributed by atoms with Crippen molar-refractivity contribution in [1.82, 2.24) is 4.90 Å². The molecule has 1 aliphatic heterocycles. The van der Waals surface area contributed by atoms with Crippen LogP contribution in [-0.4, -0.2) is 28.5 Å². The Morgan fingerprint density at radius 1 is 1.32 bits per heavy atom. The van der Waals surface area contributed by atoms with Gasteiger partial charge in [0, 0.05) is 31.8 Å². The highest BCUT2D eigenvalue weighted by atomic mass is 16.4. The van der Waals surface area contributed by atoms with E-state index in [0.717, 1.165) is 25.1 Å². The predicted octanol–water partition coefficient (Wildman–Crippen LogP) is 2.92. The maximum Gasteiger partial charge on any atom is 0.223 e. The van der Waals surface area contributed by atoms with Gasteiger partial charge in [-0.05, 0) is 37.1 Å². The first-order valence-electron chi connectivity index (χ1n) is 7.77. The lowest BCUT2D eigenvalue weighted by molar-refractivity contribution is -0.132. The second kappa shape index (κ2) is 6.83. The molecule has 0 spiro atoms. The summed E-state index contributed by atoms with van der Waals surface area (Å²) in [5.41, 5.74) is 0. The van der Waals surface area contributed by atoms with Crippen LogP contribution in [0.4, 0.5) is 0 Å². The van der Waals surface area contributed by atoms with Crippen LogP contribution in [0.5, 0.6) is 0 Å². The van der Waals surface area contributed by atoms with Crippen LogP contribution in [0.25, 0.3) is 0 Å². The number of aliphatic hydroxyl groups is 1. The highest BCUT2D eigenvalue weighted by Gasteiger charge is 2.31. The molecule has 22 heavy (non-hydrogen) atoms. The van der Waals surface area contributed by atoms with E-state index in [0.29, 0.717) is 25.0 Å². The van der Waals surface area contributed by atoms with Crippen LogP contribution in [0, 0.1) is 0 Å². The van der Waals surface area contributed by atoms with E-state index < -0.39 is 6.10 Å². The number of amides is 1. The van der Waals surface area contributed by atoms with E-state index in [2.05, 4.69) is 0 Å². The minimum absolute atomic E-state index is 0.0872. The molecule has 5 nitrogen and oxygen atoms in total. The molecule has 0 bridgehead atoms. The molecule has 1 amide bonds. The summed E-state index contributed by atoms with van der Waals surface area (Å²) in [7, 11) is 0.